The Hall–Kier alpha value is -2.84. The summed E-state index contributed by atoms with van der Waals surface area (Å²) in [5, 5.41) is 7.16. The third-order valence-corrected chi connectivity index (χ3v) is 5.25. The zero-order valence-electron chi connectivity index (χ0n) is 14.3. The summed E-state index contributed by atoms with van der Waals surface area (Å²) < 4.78 is 24.8. The van der Waals surface area contributed by atoms with Gasteiger partial charge in [-0.05, 0) is 44.2 Å². The van der Waals surface area contributed by atoms with E-state index in [0.29, 0.717) is 12.2 Å². The molecule has 0 saturated carbocycles. The maximum Gasteiger partial charge on any atom is 0.239 e. The zero-order valence-corrected chi connectivity index (χ0v) is 15.2. The average Bonchev–Trinajstić information content (AvgIpc) is 2.99. The monoisotopic (exact) mass is 367 g/mol. The van der Waals surface area contributed by atoms with E-state index in [4.69, 9.17) is 5.14 Å². The van der Waals surface area contributed by atoms with Crippen LogP contribution in [0.3, 0.4) is 0 Å². The van der Waals surface area contributed by atoms with E-state index in [1.165, 1.54) is 12.3 Å². The number of aromatic nitrogens is 4. The topological polar surface area (TPSA) is 104 Å². The standard InChI is InChI=1S/C18H17N5O2S/c1-11-3-6-16-17-15(12(2)22-18(16)21-11)7-8-23(17)10-13-4-5-14(9-20-13)26(19,24)25/h3-9H,10H2,1-2H3,(H2,19,24,25). The Morgan fingerprint density at radius 3 is 2.54 bits per heavy atom. The smallest absolute Gasteiger partial charge is 0.239 e. The van der Waals surface area contributed by atoms with Gasteiger partial charge in [0.25, 0.3) is 0 Å². The van der Waals surface area contributed by atoms with Crippen LogP contribution in [0.25, 0.3) is 21.9 Å². The summed E-state index contributed by atoms with van der Waals surface area (Å²) in [7, 11) is -3.74. The van der Waals surface area contributed by atoms with Crippen molar-refractivity contribution in [3.63, 3.8) is 0 Å². The molecule has 0 amide bonds. The number of hydrogen-bond acceptors (Lipinski definition) is 5. The Balaban J connectivity index is 1.83. The first-order chi connectivity index (χ1) is 12.3. The first-order valence-corrected chi connectivity index (χ1v) is 9.58. The van der Waals surface area contributed by atoms with Crippen LogP contribution < -0.4 is 5.14 Å². The highest BCUT2D eigenvalue weighted by Gasteiger charge is 2.13. The van der Waals surface area contributed by atoms with Crippen LogP contribution in [0.5, 0.6) is 0 Å². The van der Waals surface area contributed by atoms with E-state index in [9.17, 15) is 8.42 Å². The van der Waals surface area contributed by atoms with Crippen LogP contribution in [0, 0.1) is 13.8 Å². The van der Waals surface area contributed by atoms with E-state index >= 15 is 0 Å². The van der Waals surface area contributed by atoms with Crippen molar-refractivity contribution < 1.29 is 8.42 Å². The molecule has 0 atom stereocenters. The quantitative estimate of drug-likeness (QED) is 0.598. The number of sulfonamides is 1. The molecule has 8 heteroatoms. The average molecular weight is 367 g/mol. The third-order valence-electron chi connectivity index (χ3n) is 4.35. The second-order valence-corrected chi connectivity index (χ2v) is 7.82. The van der Waals surface area contributed by atoms with Gasteiger partial charge in [0.05, 0.1) is 17.8 Å². The van der Waals surface area contributed by atoms with Crippen LogP contribution in [0.15, 0.2) is 47.6 Å². The summed E-state index contributed by atoms with van der Waals surface area (Å²) in [4.78, 5) is 13.4. The normalized spacial score (nSPS) is 12.1. The summed E-state index contributed by atoms with van der Waals surface area (Å²) in [6.45, 7) is 4.41. The van der Waals surface area contributed by atoms with Crippen LogP contribution in [0.4, 0.5) is 0 Å². The van der Waals surface area contributed by atoms with Crippen LogP contribution >= 0.6 is 0 Å². The predicted molar refractivity (Wildman–Crippen MR) is 99.2 cm³/mol. The Labute approximate surface area is 150 Å². The maximum absolute atomic E-state index is 11.4. The molecule has 0 fully saturated rings. The van der Waals surface area contributed by atoms with E-state index in [1.807, 2.05) is 38.2 Å². The minimum atomic E-state index is -3.74. The number of hydrogen-bond donors (Lipinski definition) is 1. The number of pyridine rings is 3. The van der Waals surface area contributed by atoms with E-state index in [0.717, 1.165) is 33.4 Å². The Kier molecular flexibility index (Phi) is 3.74. The highest BCUT2D eigenvalue weighted by molar-refractivity contribution is 7.89. The van der Waals surface area contributed by atoms with Gasteiger partial charge in [0, 0.05) is 34.6 Å². The van der Waals surface area contributed by atoms with Gasteiger partial charge in [0.1, 0.15) is 4.90 Å². The lowest BCUT2D eigenvalue weighted by molar-refractivity contribution is 0.597. The van der Waals surface area contributed by atoms with Crippen LogP contribution in [-0.2, 0) is 16.6 Å². The maximum atomic E-state index is 11.4. The van der Waals surface area contributed by atoms with Gasteiger partial charge in [-0.1, -0.05) is 0 Å². The molecular formula is C18H17N5O2S. The molecule has 0 radical (unpaired) electrons. The minimum absolute atomic E-state index is 0.00350. The summed E-state index contributed by atoms with van der Waals surface area (Å²) in [5.41, 5.74) is 4.33. The summed E-state index contributed by atoms with van der Waals surface area (Å²) in [5.74, 6) is 0. The lowest BCUT2D eigenvalue weighted by Gasteiger charge is -2.09. The van der Waals surface area contributed by atoms with E-state index in [1.54, 1.807) is 6.07 Å². The fourth-order valence-corrected chi connectivity index (χ4v) is 3.53. The van der Waals surface area contributed by atoms with Crippen molar-refractivity contribution in [1.82, 2.24) is 19.5 Å². The van der Waals surface area contributed by atoms with Crippen molar-refractivity contribution in [3.8, 4) is 0 Å². The molecule has 4 aromatic rings. The number of aryl methyl sites for hydroxylation is 2. The summed E-state index contributed by atoms with van der Waals surface area (Å²) in [6.07, 6.45) is 3.26. The Bertz CT molecular complexity index is 1240. The van der Waals surface area contributed by atoms with Crippen molar-refractivity contribution in [2.45, 2.75) is 25.3 Å². The Morgan fingerprint density at radius 1 is 1.04 bits per heavy atom. The molecule has 0 aliphatic heterocycles. The first-order valence-electron chi connectivity index (χ1n) is 8.03. The lowest BCUT2D eigenvalue weighted by Crippen LogP contribution is -2.12. The second kappa shape index (κ2) is 5.86. The van der Waals surface area contributed by atoms with Crippen molar-refractivity contribution in [2.75, 3.05) is 0 Å². The number of nitrogens with two attached hydrogens (primary N) is 1. The van der Waals surface area contributed by atoms with Crippen molar-refractivity contribution in [2.24, 2.45) is 5.14 Å². The fourth-order valence-electron chi connectivity index (χ4n) is 3.08. The molecule has 4 heterocycles. The van der Waals surface area contributed by atoms with Gasteiger partial charge in [0.15, 0.2) is 5.65 Å². The number of nitrogens with zero attached hydrogens (tertiary/aromatic N) is 4. The van der Waals surface area contributed by atoms with Gasteiger partial charge < -0.3 is 4.57 Å². The summed E-state index contributed by atoms with van der Waals surface area (Å²) in [6, 6.07) is 9.16. The molecule has 0 unspecified atom stereocenters. The molecule has 0 aromatic carbocycles. The molecule has 0 spiro atoms. The SMILES string of the molecule is Cc1ccc2c(n1)nc(C)c1ccn(Cc3ccc(S(N)(=O)=O)cn3)c12. The molecule has 26 heavy (non-hydrogen) atoms. The molecule has 4 aromatic heterocycles. The molecule has 0 saturated heterocycles. The molecule has 7 nitrogen and oxygen atoms in total. The highest BCUT2D eigenvalue weighted by atomic mass is 32.2. The number of fused-ring (bicyclic) bond motifs is 3. The predicted octanol–water partition coefficient (Wildman–Crippen LogP) is 2.29. The Morgan fingerprint density at radius 2 is 1.85 bits per heavy atom. The van der Waals surface area contributed by atoms with E-state index in [-0.39, 0.29) is 4.90 Å². The zero-order chi connectivity index (χ0) is 18.5. The van der Waals surface area contributed by atoms with Crippen molar-refractivity contribution >= 4 is 32.0 Å². The molecule has 0 aliphatic rings. The van der Waals surface area contributed by atoms with Gasteiger partial charge in [-0.2, -0.15) is 0 Å². The van der Waals surface area contributed by atoms with Crippen LogP contribution in [-0.4, -0.2) is 27.9 Å². The van der Waals surface area contributed by atoms with Crippen LogP contribution in [0.2, 0.25) is 0 Å². The van der Waals surface area contributed by atoms with Gasteiger partial charge >= 0.3 is 0 Å². The number of primary sulfonamides is 1. The van der Waals surface area contributed by atoms with Gasteiger partial charge in [-0.25, -0.2) is 23.5 Å². The largest absolute Gasteiger partial charge is 0.341 e. The third kappa shape index (κ3) is 2.83. The molecule has 0 bridgehead atoms. The first kappa shape index (κ1) is 16.6. The summed E-state index contributed by atoms with van der Waals surface area (Å²) >= 11 is 0. The van der Waals surface area contributed by atoms with Gasteiger partial charge in [0.2, 0.25) is 10.0 Å². The number of rotatable bonds is 3. The van der Waals surface area contributed by atoms with Crippen LogP contribution in [0.1, 0.15) is 17.1 Å². The second-order valence-electron chi connectivity index (χ2n) is 6.26. The lowest BCUT2D eigenvalue weighted by atomic mass is 10.1. The molecule has 132 valence electrons. The molecule has 4 rings (SSSR count). The molecule has 0 aliphatic carbocycles. The van der Waals surface area contributed by atoms with E-state index in [2.05, 4.69) is 19.5 Å². The molecular weight excluding hydrogens is 350 g/mol. The molecule has 2 N–H and O–H groups in total. The van der Waals surface area contributed by atoms with Crippen molar-refractivity contribution in [1.29, 1.82) is 0 Å². The van der Waals surface area contributed by atoms with Crippen molar-refractivity contribution in [3.05, 3.63) is 59.8 Å². The highest BCUT2D eigenvalue weighted by Crippen LogP contribution is 2.27. The van der Waals surface area contributed by atoms with E-state index < -0.39 is 10.0 Å². The fraction of sp³-hybridized carbons (Fsp3) is 0.167. The van der Waals surface area contributed by atoms with Gasteiger partial charge in [-0.15, -0.1) is 0 Å². The minimum Gasteiger partial charge on any atom is -0.341 e. The van der Waals surface area contributed by atoms with Gasteiger partial charge in [-0.3, -0.25) is 4.98 Å².